The normalized spacial score (nSPS) is 15.2. The number of fused-ring (bicyclic) bond motifs is 6. The predicted octanol–water partition coefficient (Wildman–Crippen LogP) is 6.55. The fourth-order valence-electron chi connectivity index (χ4n) is 6.36. The molecule has 0 amide bonds. The smallest absolute Gasteiger partial charge is 0.167 e. The highest BCUT2D eigenvalue weighted by Crippen LogP contribution is 2.37. The fourth-order valence-corrected chi connectivity index (χ4v) is 6.36. The molecule has 7 heteroatoms. The van der Waals surface area contributed by atoms with Gasteiger partial charge in [0.05, 0.1) is 13.2 Å². The molecule has 0 radical (unpaired) electrons. The molecular formula is C33H45FN4O2. The molecule has 1 atom stereocenters. The van der Waals surface area contributed by atoms with Gasteiger partial charge in [0.2, 0.25) is 0 Å². The Morgan fingerprint density at radius 2 is 1.73 bits per heavy atom. The van der Waals surface area contributed by atoms with Crippen LogP contribution >= 0.6 is 0 Å². The van der Waals surface area contributed by atoms with Gasteiger partial charge in [-0.2, -0.15) is 0 Å². The number of nitrogens with one attached hydrogen (secondary N) is 3. The van der Waals surface area contributed by atoms with Gasteiger partial charge >= 0.3 is 0 Å². The Balaban J connectivity index is 0.000000164. The van der Waals surface area contributed by atoms with Crippen LogP contribution in [0.3, 0.4) is 0 Å². The number of ether oxygens (including phenoxy) is 2. The van der Waals surface area contributed by atoms with E-state index in [1.54, 1.807) is 6.07 Å². The van der Waals surface area contributed by atoms with Gasteiger partial charge in [0.15, 0.2) is 11.6 Å². The first-order valence-corrected chi connectivity index (χ1v) is 15.1. The zero-order valence-corrected chi connectivity index (χ0v) is 24.6. The third-order valence-electron chi connectivity index (χ3n) is 8.37. The molecule has 216 valence electrons. The Morgan fingerprint density at radius 1 is 0.975 bits per heavy atom. The summed E-state index contributed by atoms with van der Waals surface area (Å²) >= 11 is 0. The molecule has 2 aliphatic heterocycles. The van der Waals surface area contributed by atoms with Crippen molar-refractivity contribution in [2.45, 2.75) is 71.8 Å². The highest BCUT2D eigenvalue weighted by Gasteiger charge is 2.22. The molecule has 3 N–H and O–H groups in total. The fraction of sp³-hybridized carbons (Fsp3) is 0.515. The topological polar surface area (TPSA) is 65.3 Å². The van der Waals surface area contributed by atoms with E-state index in [0.29, 0.717) is 18.4 Å². The van der Waals surface area contributed by atoms with Crippen LogP contribution < -0.4 is 14.8 Å². The van der Waals surface area contributed by atoms with Crippen LogP contribution in [0.5, 0.6) is 11.5 Å². The van der Waals surface area contributed by atoms with E-state index in [4.69, 9.17) is 9.47 Å². The third kappa shape index (κ3) is 5.86. The van der Waals surface area contributed by atoms with Crippen molar-refractivity contribution in [3.05, 3.63) is 58.7 Å². The Morgan fingerprint density at radius 3 is 2.50 bits per heavy atom. The lowest BCUT2D eigenvalue weighted by molar-refractivity contribution is 0.219. The average molecular weight is 549 g/mol. The standard InChI is InChI=1S/C19H28N2O.C14H17FN2O/c1-4-10-21(5-2)14(3)12-16-13-20-17-9-8-15-7-6-11-22-19(15)18(16)17;1-16-5-4-9-8-17-12-7-11(15)14-10(13(9)12)3-2-6-18-14/h8-9,13-14,20H,4-7,10-12H2,1-3H3;7-8,16-17H,2-6H2,1H3. The summed E-state index contributed by atoms with van der Waals surface area (Å²) in [6.07, 6.45) is 11.5. The monoisotopic (exact) mass is 548 g/mol. The van der Waals surface area contributed by atoms with Gasteiger partial charge in [0.1, 0.15) is 5.75 Å². The van der Waals surface area contributed by atoms with Crippen LogP contribution in [0.2, 0.25) is 0 Å². The van der Waals surface area contributed by atoms with Crippen LogP contribution in [0.15, 0.2) is 30.6 Å². The first-order chi connectivity index (χ1) is 19.5. The van der Waals surface area contributed by atoms with Gasteiger partial charge < -0.3 is 29.7 Å². The quantitative estimate of drug-likeness (QED) is 0.222. The van der Waals surface area contributed by atoms with Crippen molar-refractivity contribution in [2.24, 2.45) is 0 Å². The molecule has 1 unspecified atom stereocenters. The van der Waals surface area contributed by atoms with Crippen molar-refractivity contribution in [3.8, 4) is 11.5 Å². The molecular weight excluding hydrogens is 503 g/mol. The SMILES string of the molecule is CCCN(CC)C(C)Cc1c[nH]c2ccc3c(c12)OCCC3.CNCCc1c[nH]c2cc(F)c3c(c12)CCCO3. The number of aromatic amines is 2. The lowest BCUT2D eigenvalue weighted by Crippen LogP contribution is -2.35. The van der Waals surface area contributed by atoms with E-state index in [-0.39, 0.29) is 5.82 Å². The number of hydrogen-bond donors (Lipinski definition) is 3. The van der Waals surface area contributed by atoms with Crippen molar-refractivity contribution in [2.75, 3.05) is 39.9 Å². The Labute approximate surface area is 237 Å². The van der Waals surface area contributed by atoms with Crippen LogP contribution in [0, 0.1) is 5.82 Å². The van der Waals surface area contributed by atoms with Gasteiger partial charge in [-0.05, 0) is 101 Å². The second-order valence-electron chi connectivity index (χ2n) is 11.1. The maximum atomic E-state index is 13.9. The van der Waals surface area contributed by atoms with E-state index >= 15 is 0 Å². The largest absolute Gasteiger partial charge is 0.493 e. The average Bonchev–Trinajstić information content (AvgIpc) is 3.59. The Kier molecular flexibility index (Phi) is 9.33. The first-order valence-electron chi connectivity index (χ1n) is 15.1. The van der Waals surface area contributed by atoms with Crippen molar-refractivity contribution < 1.29 is 13.9 Å². The van der Waals surface area contributed by atoms with Crippen molar-refractivity contribution >= 4 is 21.8 Å². The molecule has 6 rings (SSSR count). The summed E-state index contributed by atoms with van der Waals surface area (Å²) in [6.45, 7) is 11.5. The second-order valence-corrected chi connectivity index (χ2v) is 11.1. The maximum Gasteiger partial charge on any atom is 0.167 e. The van der Waals surface area contributed by atoms with E-state index < -0.39 is 0 Å². The summed E-state index contributed by atoms with van der Waals surface area (Å²) in [5, 5.41) is 5.61. The molecule has 4 heterocycles. The summed E-state index contributed by atoms with van der Waals surface area (Å²) in [5.41, 5.74) is 7.12. The highest BCUT2D eigenvalue weighted by atomic mass is 19.1. The third-order valence-corrected chi connectivity index (χ3v) is 8.37. The molecule has 40 heavy (non-hydrogen) atoms. The van der Waals surface area contributed by atoms with E-state index in [1.807, 2.05) is 13.2 Å². The van der Waals surface area contributed by atoms with Crippen molar-refractivity contribution in [3.63, 3.8) is 0 Å². The molecule has 0 fully saturated rings. The number of aryl methyl sites for hydroxylation is 2. The highest BCUT2D eigenvalue weighted by molar-refractivity contribution is 5.91. The van der Waals surface area contributed by atoms with Gasteiger partial charge in [-0.3, -0.25) is 0 Å². The Hall–Kier alpha value is -3.03. The van der Waals surface area contributed by atoms with Crippen LogP contribution in [-0.2, 0) is 25.7 Å². The molecule has 4 aromatic rings. The molecule has 0 bridgehead atoms. The molecule has 2 aliphatic rings. The van der Waals surface area contributed by atoms with Gasteiger partial charge in [0, 0.05) is 51.9 Å². The summed E-state index contributed by atoms with van der Waals surface area (Å²) in [7, 11) is 1.94. The lowest BCUT2D eigenvalue weighted by Gasteiger charge is -2.27. The summed E-state index contributed by atoms with van der Waals surface area (Å²) in [4.78, 5) is 9.16. The number of likely N-dealkylation sites (N-methyl/N-ethyl adjacent to an activating group) is 2. The molecule has 2 aromatic carbocycles. The van der Waals surface area contributed by atoms with Crippen LogP contribution in [-0.4, -0.2) is 60.8 Å². The van der Waals surface area contributed by atoms with E-state index in [1.165, 1.54) is 40.6 Å². The van der Waals surface area contributed by atoms with E-state index in [0.717, 1.165) is 80.4 Å². The number of rotatable bonds is 9. The van der Waals surface area contributed by atoms with E-state index in [9.17, 15) is 4.39 Å². The van der Waals surface area contributed by atoms with Crippen LogP contribution in [0.1, 0.15) is 62.3 Å². The minimum Gasteiger partial charge on any atom is -0.493 e. The van der Waals surface area contributed by atoms with Crippen molar-refractivity contribution in [1.29, 1.82) is 0 Å². The lowest BCUT2D eigenvalue weighted by atomic mass is 9.98. The van der Waals surface area contributed by atoms with Gasteiger partial charge in [-0.25, -0.2) is 4.39 Å². The molecule has 6 nitrogen and oxygen atoms in total. The number of hydrogen-bond acceptors (Lipinski definition) is 4. The number of H-pyrrole nitrogens is 2. The zero-order chi connectivity index (χ0) is 28.1. The first kappa shape index (κ1) is 28.5. The van der Waals surface area contributed by atoms with Gasteiger partial charge in [0.25, 0.3) is 0 Å². The summed E-state index contributed by atoms with van der Waals surface area (Å²) < 4.78 is 25.4. The molecule has 0 saturated heterocycles. The maximum absolute atomic E-state index is 13.9. The van der Waals surface area contributed by atoms with Gasteiger partial charge in [-0.15, -0.1) is 0 Å². The van der Waals surface area contributed by atoms with Crippen molar-refractivity contribution in [1.82, 2.24) is 20.2 Å². The molecule has 2 aromatic heterocycles. The van der Waals surface area contributed by atoms with E-state index in [2.05, 4.69) is 59.3 Å². The Bertz CT molecular complexity index is 1430. The van der Waals surface area contributed by atoms with Crippen LogP contribution in [0.25, 0.3) is 21.8 Å². The summed E-state index contributed by atoms with van der Waals surface area (Å²) in [6, 6.07) is 6.53. The predicted molar refractivity (Wildman–Crippen MR) is 163 cm³/mol. The minimum atomic E-state index is -0.251. The second kappa shape index (κ2) is 13.1. The summed E-state index contributed by atoms with van der Waals surface area (Å²) in [5.74, 6) is 1.34. The molecule has 0 spiro atoms. The number of benzene rings is 2. The number of halogens is 1. The minimum absolute atomic E-state index is 0.251. The number of aromatic nitrogens is 2. The molecule has 0 saturated carbocycles. The molecule has 0 aliphatic carbocycles. The van der Waals surface area contributed by atoms with Gasteiger partial charge in [-0.1, -0.05) is 19.9 Å². The number of nitrogens with zero attached hydrogens (tertiary/aromatic N) is 1. The zero-order valence-electron chi connectivity index (χ0n) is 24.6. The van der Waals surface area contributed by atoms with Crippen LogP contribution in [0.4, 0.5) is 4.39 Å².